The van der Waals surface area contributed by atoms with Gasteiger partial charge in [0.2, 0.25) is 5.91 Å². The first-order valence-electron chi connectivity index (χ1n) is 5.41. The molecule has 0 bridgehead atoms. The van der Waals surface area contributed by atoms with Gasteiger partial charge in [0.1, 0.15) is 11.7 Å². The molecular formula is C10H14N4O3. The Labute approximate surface area is 97.8 Å². The Hall–Kier alpha value is -1.92. The van der Waals surface area contributed by atoms with Gasteiger partial charge in [0.25, 0.3) is 0 Å². The van der Waals surface area contributed by atoms with E-state index >= 15 is 0 Å². The minimum atomic E-state index is -1.22. The third-order valence-electron chi connectivity index (χ3n) is 3.26. The average Bonchev–Trinajstić information content (AvgIpc) is 2.58. The van der Waals surface area contributed by atoms with Crippen LogP contribution >= 0.6 is 0 Å². The molecule has 7 heteroatoms. The van der Waals surface area contributed by atoms with E-state index in [1.165, 1.54) is 6.33 Å². The lowest BCUT2D eigenvalue weighted by atomic mass is 9.68. The molecule has 0 aromatic carbocycles. The molecule has 92 valence electrons. The largest absolute Gasteiger partial charge is 0.480 e. The minimum absolute atomic E-state index is 0.199. The molecule has 1 aromatic heterocycles. The zero-order valence-electron chi connectivity index (χ0n) is 9.51. The highest BCUT2D eigenvalue weighted by atomic mass is 16.4. The van der Waals surface area contributed by atoms with Crippen LogP contribution in [0, 0.1) is 5.41 Å². The lowest BCUT2D eigenvalue weighted by molar-refractivity contribution is -0.162. The summed E-state index contributed by atoms with van der Waals surface area (Å²) in [5.41, 5.74) is -1.22. The Balaban J connectivity index is 1.98. The molecule has 1 fully saturated rings. The molecule has 7 nitrogen and oxygen atoms in total. The number of aryl methyl sites for hydroxylation is 1. The van der Waals surface area contributed by atoms with Crippen molar-refractivity contribution in [2.75, 3.05) is 0 Å². The highest BCUT2D eigenvalue weighted by Crippen LogP contribution is 2.41. The van der Waals surface area contributed by atoms with Gasteiger partial charge in [0.15, 0.2) is 5.82 Å². The van der Waals surface area contributed by atoms with E-state index < -0.39 is 17.3 Å². The van der Waals surface area contributed by atoms with E-state index in [1.807, 2.05) is 0 Å². The Morgan fingerprint density at radius 2 is 2.29 bits per heavy atom. The smallest absolute Gasteiger partial charge is 0.319 e. The fourth-order valence-electron chi connectivity index (χ4n) is 1.86. The summed E-state index contributed by atoms with van der Waals surface area (Å²) in [4.78, 5) is 22.9. The van der Waals surface area contributed by atoms with Crippen LogP contribution in [0.3, 0.4) is 0 Å². The van der Waals surface area contributed by atoms with Gasteiger partial charge in [-0.3, -0.25) is 9.59 Å². The van der Waals surface area contributed by atoms with Gasteiger partial charge in [-0.05, 0) is 12.8 Å². The second-order valence-electron chi connectivity index (χ2n) is 4.28. The maximum absolute atomic E-state index is 11.8. The molecule has 0 unspecified atom stereocenters. The third-order valence-corrected chi connectivity index (χ3v) is 3.26. The number of carbonyl (C=O) groups is 2. The predicted molar refractivity (Wildman–Crippen MR) is 56.8 cm³/mol. The van der Waals surface area contributed by atoms with Gasteiger partial charge in [-0.1, -0.05) is 6.42 Å². The maximum atomic E-state index is 11.8. The molecule has 0 radical (unpaired) electrons. The monoisotopic (exact) mass is 238 g/mol. The van der Waals surface area contributed by atoms with Crippen molar-refractivity contribution in [1.82, 2.24) is 20.1 Å². The van der Waals surface area contributed by atoms with Gasteiger partial charge < -0.3 is 15.0 Å². The van der Waals surface area contributed by atoms with Crippen LogP contribution in [0.25, 0.3) is 0 Å². The second-order valence-corrected chi connectivity index (χ2v) is 4.28. The fraction of sp³-hybridized carbons (Fsp3) is 0.600. The van der Waals surface area contributed by atoms with E-state index in [9.17, 15) is 9.59 Å². The molecule has 1 amide bonds. The molecule has 1 aliphatic rings. The average molecular weight is 238 g/mol. The van der Waals surface area contributed by atoms with Crippen LogP contribution in [0.2, 0.25) is 0 Å². The van der Waals surface area contributed by atoms with E-state index in [1.54, 1.807) is 11.6 Å². The summed E-state index contributed by atoms with van der Waals surface area (Å²) in [7, 11) is 1.76. The number of rotatable bonds is 4. The van der Waals surface area contributed by atoms with E-state index in [0.29, 0.717) is 18.7 Å². The van der Waals surface area contributed by atoms with Gasteiger partial charge in [-0.15, -0.1) is 10.2 Å². The molecule has 1 aliphatic carbocycles. The third kappa shape index (κ3) is 1.88. The standard InChI is InChI=1S/C10H14N4O3/c1-14-6-12-13-7(14)5-11-8(15)10(9(16)17)3-2-4-10/h6H,2-5H2,1H3,(H,11,15)(H,16,17). The van der Waals surface area contributed by atoms with Crippen LogP contribution in [-0.2, 0) is 23.2 Å². The van der Waals surface area contributed by atoms with Crippen molar-refractivity contribution in [1.29, 1.82) is 0 Å². The number of nitrogens with one attached hydrogen (secondary N) is 1. The molecule has 1 heterocycles. The molecule has 1 saturated carbocycles. The van der Waals surface area contributed by atoms with Gasteiger partial charge in [-0.25, -0.2) is 0 Å². The normalized spacial score (nSPS) is 17.2. The second kappa shape index (κ2) is 4.15. The zero-order chi connectivity index (χ0) is 12.5. The Bertz CT molecular complexity index is 450. The lowest BCUT2D eigenvalue weighted by Crippen LogP contribution is -2.50. The Kier molecular flexibility index (Phi) is 2.83. The van der Waals surface area contributed by atoms with Gasteiger partial charge in [0, 0.05) is 7.05 Å². The highest BCUT2D eigenvalue weighted by Gasteiger charge is 2.51. The summed E-state index contributed by atoms with van der Waals surface area (Å²) in [5, 5.41) is 19.2. The number of amides is 1. The number of hydrogen-bond donors (Lipinski definition) is 2. The molecule has 2 N–H and O–H groups in total. The topological polar surface area (TPSA) is 97.1 Å². The van der Waals surface area contributed by atoms with Crippen LogP contribution in [0.15, 0.2) is 6.33 Å². The molecule has 0 atom stereocenters. The zero-order valence-corrected chi connectivity index (χ0v) is 9.51. The lowest BCUT2D eigenvalue weighted by Gasteiger charge is -2.35. The van der Waals surface area contributed by atoms with E-state index in [0.717, 1.165) is 6.42 Å². The van der Waals surface area contributed by atoms with Crippen molar-refractivity contribution >= 4 is 11.9 Å². The van der Waals surface area contributed by atoms with Crippen molar-refractivity contribution < 1.29 is 14.7 Å². The van der Waals surface area contributed by atoms with Gasteiger partial charge in [0.05, 0.1) is 6.54 Å². The van der Waals surface area contributed by atoms with Crippen molar-refractivity contribution in [3.8, 4) is 0 Å². The summed E-state index contributed by atoms with van der Waals surface area (Å²) in [6, 6.07) is 0. The van der Waals surface area contributed by atoms with Crippen molar-refractivity contribution in [3.63, 3.8) is 0 Å². The molecule has 0 aliphatic heterocycles. The van der Waals surface area contributed by atoms with Crippen molar-refractivity contribution in [3.05, 3.63) is 12.2 Å². The summed E-state index contributed by atoms with van der Waals surface area (Å²) in [6.45, 7) is 0.199. The number of aromatic nitrogens is 3. The van der Waals surface area contributed by atoms with Crippen LogP contribution in [0.5, 0.6) is 0 Å². The van der Waals surface area contributed by atoms with Crippen LogP contribution in [0.1, 0.15) is 25.1 Å². The molecule has 1 aromatic rings. The molecule has 17 heavy (non-hydrogen) atoms. The number of carboxylic acids is 1. The fourth-order valence-corrected chi connectivity index (χ4v) is 1.86. The number of nitrogens with zero attached hydrogens (tertiary/aromatic N) is 3. The van der Waals surface area contributed by atoms with Crippen molar-refractivity contribution in [2.24, 2.45) is 12.5 Å². The summed E-state index contributed by atoms with van der Waals surface area (Å²) < 4.78 is 1.68. The number of aliphatic carboxylic acids is 1. The quantitative estimate of drug-likeness (QED) is 0.701. The summed E-state index contributed by atoms with van der Waals surface area (Å²) in [6.07, 6.45) is 3.13. The summed E-state index contributed by atoms with van der Waals surface area (Å²) in [5.74, 6) is -0.878. The minimum Gasteiger partial charge on any atom is -0.480 e. The van der Waals surface area contributed by atoms with E-state index in [-0.39, 0.29) is 6.54 Å². The van der Waals surface area contributed by atoms with Crippen LogP contribution in [0.4, 0.5) is 0 Å². The van der Waals surface area contributed by atoms with Crippen LogP contribution < -0.4 is 5.32 Å². The Morgan fingerprint density at radius 1 is 1.59 bits per heavy atom. The first-order valence-corrected chi connectivity index (χ1v) is 5.41. The maximum Gasteiger partial charge on any atom is 0.319 e. The highest BCUT2D eigenvalue weighted by molar-refractivity contribution is 6.02. The molecular weight excluding hydrogens is 224 g/mol. The molecule has 2 rings (SSSR count). The van der Waals surface area contributed by atoms with Gasteiger partial charge in [-0.2, -0.15) is 0 Å². The first-order chi connectivity index (χ1) is 8.06. The SMILES string of the molecule is Cn1cnnc1CNC(=O)C1(C(=O)O)CCC1. The Morgan fingerprint density at radius 3 is 2.71 bits per heavy atom. The molecule has 0 saturated heterocycles. The number of hydrogen-bond acceptors (Lipinski definition) is 4. The molecule has 0 spiro atoms. The van der Waals surface area contributed by atoms with Crippen LogP contribution in [-0.4, -0.2) is 31.7 Å². The first kappa shape index (κ1) is 11.6. The summed E-state index contributed by atoms with van der Waals surface area (Å²) >= 11 is 0. The van der Waals surface area contributed by atoms with E-state index in [4.69, 9.17) is 5.11 Å². The van der Waals surface area contributed by atoms with Gasteiger partial charge >= 0.3 is 5.97 Å². The number of carbonyl (C=O) groups excluding carboxylic acids is 1. The van der Waals surface area contributed by atoms with E-state index in [2.05, 4.69) is 15.5 Å². The predicted octanol–water partition coefficient (Wildman–Crippen LogP) is -0.314. The number of carboxylic acid groups (broad SMARTS) is 1. The van der Waals surface area contributed by atoms with Crippen molar-refractivity contribution in [2.45, 2.75) is 25.8 Å².